The maximum absolute atomic E-state index is 12.8. The number of allylic oxidation sites excluding steroid dienone is 14. The van der Waals surface area contributed by atoms with Crippen LogP contribution in [0.3, 0.4) is 0 Å². The van der Waals surface area contributed by atoms with Crippen LogP contribution in [0.2, 0.25) is 0 Å². The number of carbonyl (C=O) groups excluding carboxylic acids is 2. The Morgan fingerprint density at radius 1 is 0.390 bits per heavy atom. The van der Waals surface area contributed by atoms with Gasteiger partial charge in [0.25, 0.3) is 7.82 Å². The van der Waals surface area contributed by atoms with Crippen LogP contribution in [0, 0.1) is 0 Å². The van der Waals surface area contributed by atoms with Crippen molar-refractivity contribution in [1.82, 2.24) is 0 Å². The third-order valence-electron chi connectivity index (χ3n) is 14.9. The maximum atomic E-state index is 12.8. The predicted molar refractivity (Wildman–Crippen MR) is 351 cm³/mol. The third kappa shape index (κ3) is 66.3. The molecule has 0 saturated carbocycles. The monoisotopic (exact) mass is 1170 g/mol. The van der Waals surface area contributed by atoms with Crippen molar-refractivity contribution < 1.29 is 42.1 Å². The van der Waals surface area contributed by atoms with Gasteiger partial charge >= 0.3 is 11.9 Å². The number of esters is 2. The van der Waals surface area contributed by atoms with Crippen molar-refractivity contribution in [1.29, 1.82) is 0 Å². The molecule has 9 nitrogen and oxygen atoms in total. The number of quaternary nitrogens is 1. The summed E-state index contributed by atoms with van der Waals surface area (Å²) in [5.74, 6) is -0.856. The summed E-state index contributed by atoms with van der Waals surface area (Å²) in [6, 6.07) is 0. The highest BCUT2D eigenvalue weighted by molar-refractivity contribution is 7.45. The van der Waals surface area contributed by atoms with Gasteiger partial charge in [-0.05, 0) is 89.9 Å². The van der Waals surface area contributed by atoms with E-state index in [1.165, 1.54) is 193 Å². The maximum Gasteiger partial charge on any atom is 0.306 e. The van der Waals surface area contributed by atoms with Gasteiger partial charge in [-0.15, -0.1) is 0 Å². The summed E-state index contributed by atoms with van der Waals surface area (Å²) in [4.78, 5) is 38.0. The SMILES string of the molecule is CC/C=C\C/C=C\C/C=C\C/C=C\C/C=C\C/C=C\CCCCCCC(=O)OC(COC(=O)CCCCCCCCCCCCCCCCCCCCCCCCC/C=C\CCCCCCCCCC)COP(=O)([O-])OCC[N+](C)(C)C. The average Bonchev–Trinajstić information content (AvgIpc) is 3.46. The van der Waals surface area contributed by atoms with Crippen molar-refractivity contribution in [3.63, 3.8) is 0 Å². The minimum atomic E-state index is -4.65. The third-order valence-corrected chi connectivity index (χ3v) is 15.9. The highest BCUT2D eigenvalue weighted by Gasteiger charge is 2.22. The van der Waals surface area contributed by atoms with Crippen LogP contribution in [0.15, 0.2) is 85.1 Å². The number of rotatable bonds is 63. The van der Waals surface area contributed by atoms with Crippen molar-refractivity contribution in [3.05, 3.63) is 85.1 Å². The van der Waals surface area contributed by atoms with Crippen LogP contribution in [0.5, 0.6) is 0 Å². The smallest absolute Gasteiger partial charge is 0.306 e. The summed E-state index contributed by atoms with van der Waals surface area (Å²) < 4.78 is 34.2. The highest BCUT2D eigenvalue weighted by atomic mass is 31.2. The van der Waals surface area contributed by atoms with E-state index in [9.17, 15) is 19.0 Å². The molecule has 2 unspecified atom stereocenters. The van der Waals surface area contributed by atoms with E-state index >= 15 is 0 Å². The van der Waals surface area contributed by atoms with Gasteiger partial charge in [0, 0.05) is 12.8 Å². The molecule has 0 aliphatic heterocycles. The van der Waals surface area contributed by atoms with Crippen LogP contribution in [0.25, 0.3) is 0 Å². The van der Waals surface area contributed by atoms with Gasteiger partial charge in [0.05, 0.1) is 27.7 Å². The van der Waals surface area contributed by atoms with E-state index in [1.807, 2.05) is 21.1 Å². The first kappa shape index (κ1) is 79.2. The fraction of sp³-hybridized carbons (Fsp3) is 0.778. The standard InChI is InChI=1S/C72H130NO8P/c1-6-8-10-12-14-16-18-20-22-24-26-28-30-31-32-33-34-35-36-37-38-39-40-41-43-44-46-48-50-52-54-56-58-60-62-64-71(74)78-68-70(69-80-82(76,77)79-67-66-73(3,4)5)81-72(75)65-63-61-59-57-55-53-51-49-47-45-42-29-27-25-23-21-19-17-15-13-11-9-7-2/h9,11,15,17,21,23-24,26-27,29,45,47,51,53,70H,6-8,10,12-14,16,18-20,22,25,28,30-44,46,48-50,52,54-69H2,1-5H3/b11-9-,17-15-,23-21-,26-24-,29-27-,47-45-,53-51-. The Bertz CT molecular complexity index is 1660. The van der Waals surface area contributed by atoms with Gasteiger partial charge < -0.3 is 27.9 Å². The second-order valence-corrected chi connectivity index (χ2v) is 25.6. The number of phosphoric ester groups is 1. The molecule has 0 saturated heterocycles. The Balaban J connectivity index is 4.03. The summed E-state index contributed by atoms with van der Waals surface area (Å²) in [6.45, 7) is 4.12. The second-order valence-electron chi connectivity index (χ2n) is 24.2. The van der Waals surface area contributed by atoms with Crippen molar-refractivity contribution in [2.75, 3.05) is 47.5 Å². The molecular weight excluding hydrogens is 1040 g/mol. The highest BCUT2D eigenvalue weighted by Crippen LogP contribution is 2.38. The van der Waals surface area contributed by atoms with Gasteiger partial charge in [0.1, 0.15) is 19.8 Å². The van der Waals surface area contributed by atoms with Crippen LogP contribution < -0.4 is 4.89 Å². The quantitative estimate of drug-likeness (QED) is 0.0195. The van der Waals surface area contributed by atoms with Crippen molar-refractivity contribution in [3.8, 4) is 0 Å². The van der Waals surface area contributed by atoms with E-state index in [2.05, 4.69) is 98.9 Å². The van der Waals surface area contributed by atoms with Gasteiger partial charge in [0.15, 0.2) is 6.10 Å². The van der Waals surface area contributed by atoms with E-state index < -0.39 is 26.5 Å². The number of phosphoric acid groups is 1. The molecule has 0 spiro atoms. The average molecular weight is 1170 g/mol. The molecule has 0 radical (unpaired) electrons. The molecule has 0 aromatic carbocycles. The molecule has 0 heterocycles. The van der Waals surface area contributed by atoms with Crippen LogP contribution in [0.1, 0.15) is 309 Å². The number of hydrogen-bond donors (Lipinski definition) is 0. The van der Waals surface area contributed by atoms with Crippen LogP contribution in [-0.4, -0.2) is 70.0 Å². The minimum absolute atomic E-state index is 0.0389. The van der Waals surface area contributed by atoms with Crippen molar-refractivity contribution >= 4 is 19.8 Å². The van der Waals surface area contributed by atoms with Gasteiger partial charge in [-0.3, -0.25) is 14.2 Å². The molecule has 0 rings (SSSR count). The molecule has 0 fully saturated rings. The van der Waals surface area contributed by atoms with Crippen LogP contribution in [-0.2, 0) is 32.7 Å². The summed E-state index contributed by atoms with van der Waals surface area (Å²) in [6.07, 6.45) is 85.3. The van der Waals surface area contributed by atoms with E-state index in [4.69, 9.17) is 18.5 Å². The number of unbranched alkanes of at least 4 members (excludes halogenated alkanes) is 35. The fourth-order valence-corrected chi connectivity index (χ4v) is 10.4. The number of likely N-dealkylation sites (N-methyl/N-ethyl adjacent to an activating group) is 1. The zero-order valence-corrected chi connectivity index (χ0v) is 55.1. The lowest BCUT2D eigenvalue weighted by molar-refractivity contribution is -0.870. The molecular formula is C72H130NO8P. The minimum Gasteiger partial charge on any atom is -0.756 e. The first-order valence-corrected chi connectivity index (χ1v) is 35.8. The molecule has 2 atom stereocenters. The lowest BCUT2D eigenvalue weighted by Crippen LogP contribution is -2.37. The van der Waals surface area contributed by atoms with Gasteiger partial charge in [-0.25, -0.2) is 0 Å². The number of hydrogen-bond acceptors (Lipinski definition) is 8. The van der Waals surface area contributed by atoms with E-state index in [0.717, 1.165) is 83.5 Å². The first-order chi connectivity index (χ1) is 40.0. The Labute approximate surface area is 507 Å². The predicted octanol–water partition coefficient (Wildman–Crippen LogP) is 21.5. The normalized spacial score (nSPS) is 13.7. The van der Waals surface area contributed by atoms with Crippen LogP contribution in [0.4, 0.5) is 0 Å². The Morgan fingerprint density at radius 3 is 1.05 bits per heavy atom. The molecule has 0 aromatic rings. The fourth-order valence-electron chi connectivity index (χ4n) is 9.66. The topological polar surface area (TPSA) is 111 Å². The van der Waals surface area contributed by atoms with Crippen molar-refractivity contribution in [2.45, 2.75) is 315 Å². The largest absolute Gasteiger partial charge is 0.756 e. The first-order valence-electron chi connectivity index (χ1n) is 34.3. The summed E-state index contributed by atoms with van der Waals surface area (Å²) in [5.41, 5.74) is 0. The second kappa shape index (κ2) is 62.7. The molecule has 10 heteroatoms. The number of carbonyl (C=O) groups is 2. The Hall–Kier alpha value is -2.81. The lowest BCUT2D eigenvalue weighted by atomic mass is 10.0. The zero-order valence-electron chi connectivity index (χ0n) is 54.2. The molecule has 0 N–H and O–H groups in total. The molecule has 82 heavy (non-hydrogen) atoms. The van der Waals surface area contributed by atoms with Crippen molar-refractivity contribution in [2.24, 2.45) is 0 Å². The van der Waals surface area contributed by atoms with Crippen LogP contribution >= 0.6 is 7.82 Å². The van der Waals surface area contributed by atoms with Gasteiger partial charge in [0.2, 0.25) is 0 Å². The van der Waals surface area contributed by atoms with Gasteiger partial charge in [-0.1, -0.05) is 292 Å². The summed E-state index contributed by atoms with van der Waals surface area (Å²) >= 11 is 0. The van der Waals surface area contributed by atoms with E-state index in [-0.39, 0.29) is 32.0 Å². The zero-order chi connectivity index (χ0) is 59.8. The number of nitrogens with zero attached hydrogens (tertiary/aromatic N) is 1. The van der Waals surface area contributed by atoms with E-state index in [0.29, 0.717) is 17.4 Å². The summed E-state index contributed by atoms with van der Waals surface area (Å²) in [5, 5.41) is 0. The molecule has 0 aliphatic rings. The summed E-state index contributed by atoms with van der Waals surface area (Å²) in [7, 11) is 1.15. The van der Waals surface area contributed by atoms with Gasteiger partial charge in [-0.2, -0.15) is 0 Å². The van der Waals surface area contributed by atoms with E-state index in [1.54, 1.807) is 0 Å². The molecule has 0 bridgehead atoms. The Morgan fingerprint density at radius 2 is 0.695 bits per heavy atom. The number of ether oxygens (including phenoxy) is 2. The molecule has 0 amide bonds. The molecule has 0 aliphatic carbocycles. The molecule has 476 valence electrons. The molecule has 0 aromatic heterocycles. The Kier molecular flexibility index (Phi) is 60.6. The lowest BCUT2D eigenvalue weighted by Gasteiger charge is -2.28.